The van der Waals surface area contributed by atoms with E-state index in [1.165, 1.54) is 0 Å². The van der Waals surface area contributed by atoms with Crippen LogP contribution in [0, 0.1) is 0 Å². The van der Waals surface area contributed by atoms with Crippen LogP contribution >= 0.6 is 0 Å². The van der Waals surface area contributed by atoms with Gasteiger partial charge in [0.1, 0.15) is 5.82 Å². The van der Waals surface area contributed by atoms with Crippen LogP contribution in [0.25, 0.3) is 5.69 Å². The van der Waals surface area contributed by atoms with E-state index >= 15 is 0 Å². The highest BCUT2D eigenvalue weighted by atomic mass is 16.5. The maximum absolute atomic E-state index is 11.9. The summed E-state index contributed by atoms with van der Waals surface area (Å²) in [6.07, 6.45) is 0.632. The summed E-state index contributed by atoms with van der Waals surface area (Å²) in [6, 6.07) is 9.48. The highest BCUT2D eigenvalue weighted by Gasteiger charge is 2.21. The number of para-hydroxylation sites is 1. The number of nitrogens with two attached hydrogens (primary N) is 1. The van der Waals surface area contributed by atoms with E-state index < -0.39 is 5.97 Å². The fourth-order valence-electron chi connectivity index (χ4n) is 1.94. The Balaban J connectivity index is 2.50. The van der Waals surface area contributed by atoms with Crippen molar-refractivity contribution in [1.29, 1.82) is 0 Å². The van der Waals surface area contributed by atoms with Gasteiger partial charge in [-0.15, -0.1) is 0 Å². The van der Waals surface area contributed by atoms with Crippen LogP contribution in [0.1, 0.15) is 29.9 Å². The molecule has 100 valence electrons. The summed E-state index contributed by atoms with van der Waals surface area (Å²) >= 11 is 0. The monoisotopic (exact) mass is 259 g/mol. The molecule has 1 aromatic carbocycles. The van der Waals surface area contributed by atoms with Gasteiger partial charge < -0.3 is 10.5 Å². The molecule has 0 unspecified atom stereocenters. The number of esters is 1. The molecule has 0 spiro atoms. The number of aromatic nitrogens is 2. The Kier molecular flexibility index (Phi) is 3.85. The van der Waals surface area contributed by atoms with Crippen molar-refractivity contribution in [3.63, 3.8) is 0 Å². The van der Waals surface area contributed by atoms with Gasteiger partial charge in [-0.2, -0.15) is 5.10 Å². The van der Waals surface area contributed by atoms with Crippen molar-refractivity contribution >= 4 is 11.8 Å². The fourth-order valence-corrected chi connectivity index (χ4v) is 1.94. The Morgan fingerprint density at radius 2 is 2.00 bits per heavy atom. The summed E-state index contributed by atoms with van der Waals surface area (Å²) < 4.78 is 6.58. The lowest BCUT2D eigenvalue weighted by Crippen LogP contribution is -2.08. The molecule has 2 N–H and O–H groups in total. The molecule has 1 aromatic heterocycles. The van der Waals surface area contributed by atoms with E-state index in [0.29, 0.717) is 24.5 Å². The van der Waals surface area contributed by atoms with Crippen molar-refractivity contribution < 1.29 is 9.53 Å². The van der Waals surface area contributed by atoms with Crippen LogP contribution in [-0.2, 0) is 11.2 Å². The second-order valence-corrected chi connectivity index (χ2v) is 4.03. The largest absolute Gasteiger partial charge is 0.461 e. The summed E-state index contributed by atoms with van der Waals surface area (Å²) in [5.74, 6) is 0.0532. The zero-order chi connectivity index (χ0) is 13.8. The topological polar surface area (TPSA) is 70.1 Å². The number of carbonyl (C=O) groups excluding carboxylic acids is 1. The minimum atomic E-state index is -0.430. The van der Waals surface area contributed by atoms with Gasteiger partial charge in [-0.1, -0.05) is 25.1 Å². The van der Waals surface area contributed by atoms with E-state index in [1.807, 2.05) is 37.3 Å². The summed E-state index contributed by atoms with van der Waals surface area (Å²) in [5, 5.41) is 4.29. The van der Waals surface area contributed by atoms with Gasteiger partial charge >= 0.3 is 5.97 Å². The van der Waals surface area contributed by atoms with Crippen molar-refractivity contribution in [3.05, 3.63) is 41.6 Å². The molecule has 0 atom stereocenters. The van der Waals surface area contributed by atoms with Gasteiger partial charge in [0.15, 0.2) is 5.69 Å². The number of carbonyl (C=O) groups is 1. The molecule has 0 aliphatic heterocycles. The number of ether oxygens (including phenoxy) is 1. The Bertz CT molecular complexity index is 576. The van der Waals surface area contributed by atoms with E-state index in [9.17, 15) is 4.79 Å². The van der Waals surface area contributed by atoms with Gasteiger partial charge in [0, 0.05) is 5.56 Å². The first kappa shape index (κ1) is 13.1. The van der Waals surface area contributed by atoms with Crippen LogP contribution in [-0.4, -0.2) is 22.4 Å². The van der Waals surface area contributed by atoms with Crippen LogP contribution in [0.4, 0.5) is 5.82 Å². The molecule has 2 rings (SSSR count). The molecule has 0 radical (unpaired) electrons. The average Bonchev–Trinajstić information content (AvgIpc) is 2.77. The summed E-state index contributed by atoms with van der Waals surface area (Å²) in [7, 11) is 0. The smallest absolute Gasteiger partial charge is 0.359 e. The van der Waals surface area contributed by atoms with Crippen LogP contribution in [0.15, 0.2) is 30.3 Å². The number of benzene rings is 1. The molecule has 5 nitrogen and oxygen atoms in total. The first-order chi connectivity index (χ1) is 9.19. The molecule has 0 aliphatic carbocycles. The lowest BCUT2D eigenvalue weighted by molar-refractivity contribution is 0.0517. The zero-order valence-corrected chi connectivity index (χ0v) is 11.1. The Labute approximate surface area is 112 Å². The van der Waals surface area contributed by atoms with E-state index in [1.54, 1.807) is 11.6 Å². The van der Waals surface area contributed by atoms with E-state index in [2.05, 4.69) is 5.10 Å². The molecule has 0 saturated carbocycles. The Morgan fingerprint density at radius 1 is 1.32 bits per heavy atom. The van der Waals surface area contributed by atoms with Crippen LogP contribution in [0.5, 0.6) is 0 Å². The number of nitrogens with zero attached hydrogens (tertiary/aromatic N) is 2. The van der Waals surface area contributed by atoms with Crippen LogP contribution < -0.4 is 5.73 Å². The van der Waals surface area contributed by atoms with Crippen molar-refractivity contribution in [2.24, 2.45) is 0 Å². The molecule has 19 heavy (non-hydrogen) atoms. The molecule has 0 amide bonds. The Morgan fingerprint density at radius 3 is 2.58 bits per heavy atom. The standard InChI is InChI=1S/C14H17N3O2/c1-3-11-12(14(18)19-4-2)16-17(13(11)15)10-8-6-5-7-9-10/h5-9H,3-4,15H2,1-2H3. The van der Waals surface area contributed by atoms with Crippen molar-refractivity contribution in [3.8, 4) is 5.69 Å². The molecular weight excluding hydrogens is 242 g/mol. The van der Waals surface area contributed by atoms with E-state index in [4.69, 9.17) is 10.5 Å². The maximum atomic E-state index is 11.9. The fraction of sp³-hybridized carbons (Fsp3) is 0.286. The predicted molar refractivity (Wildman–Crippen MR) is 73.3 cm³/mol. The summed E-state index contributed by atoms with van der Waals surface area (Å²) in [4.78, 5) is 11.9. The number of rotatable bonds is 4. The second-order valence-electron chi connectivity index (χ2n) is 4.03. The third kappa shape index (κ3) is 2.45. The molecule has 0 saturated heterocycles. The first-order valence-electron chi connectivity index (χ1n) is 6.28. The molecule has 1 heterocycles. The van der Waals surface area contributed by atoms with Crippen molar-refractivity contribution in [2.45, 2.75) is 20.3 Å². The molecule has 0 fully saturated rings. The van der Waals surface area contributed by atoms with Gasteiger partial charge in [-0.05, 0) is 25.5 Å². The number of anilines is 1. The first-order valence-corrected chi connectivity index (χ1v) is 6.28. The van der Waals surface area contributed by atoms with Crippen LogP contribution in [0.3, 0.4) is 0 Å². The number of nitrogen functional groups attached to an aromatic ring is 1. The highest BCUT2D eigenvalue weighted by molar-refractivity contribution is 5.90. The third-order valence-electron chi connectivity index (χ3n) is 2.85. The van der Waals surface area contributed by atoms with Crippen LogP contribution in [0.2, 0.25) is 0 Å². The van der Waals surface area contributed by atoms with Gasteiger partial charge in [0.2, 0.25) is 0 Å². The lowest BCUT2D eigenvalue weighted by Gasteiger charge is -2.03. The molecule has 0 aliphatic rings. The number of hydrogen-bond acceptors (Lipinski definition) is 4. The SMILES string of the molecule is CCOC(=O)c1nn(-c2ccccc2)c(N)c1CC. The molecule has 5 heteroatoms. The van der Waals surface area contributed by atoms with Gasteiger partial charge in [-0.3, -0.25) is 0 Å². The zero-order valence-electron chi connectivity index (χ0n) is 11.1. The molecule has 2 aromatic rings. The third-order valence-corrected chi connectivity index (χ3v) is 2.85. The normalized spacial score (nSPS) is 10.4. The van der Waals surface area contributed by atoms with E-state index in [-0.39, 0.29) is 0 Å². The highest BCUT2D eigenvalue weighted by Crippen LogP contribution is 2.22. The Hall–Kier alpha value is -2.30. The van der Waals surface area contributed by atoms with E-state index in [0.717, 1.165) is 11.3 Å². The van der Waals surface area contributed by atoms with Crippen molar-refractivity contribution in [2.75, 3.05) is 12.3 Å². The van der Waals surface area contributed by atoms with Gasteiger partial charge in [-0.25, -0.2) is 9.48 Å². The predicted octanol–water partition coefficient (Wildman–Crippen LogP) is 2.19. The minimum absolute atomic E-state index is 0.297. The summed E-state index contributed by atoms with van der Waals surface area (Å²) in [6.45, 7) is 4.02. The maximum Gasteiger partial charge on any atom is 0.359 e. The average molecular weight is 259 g/mol. The summed E-state index contributed by atoms with van der Waals surface area (Å²) in [5.41, 5.74) is 7.92. The van der Waals surface area contributed by atoms with Gasteiger partial charge in [0.05, 0.1) is 12.3 Å². The lowest BCUT2D eigenvalue weighted by atomic mass is 10.2. The second kappa shape index (κ2) is 5.56. The minimum Gasteiger partial charge on any atom is -0.461 e. The number of hydrogen-bond donors (Lipinski definition) is 1. The van der Waals surface area contributed by atoms with Gasteiger partial charge in [0.25, 0.3) is 0 Å². The molecule has 0 bridgehead atoms. The van der Waals surface area contributed by atoms with Crippen molar-refractivity contribution in [1.82, 2.24) is 9.78 Å². The molecular formula is C14H17N3O2. The quantitative estimate of drug-likeness (QED) is 0.854.